The third kappa shape index (κ3) is 9.40. The summed E-state index contributed by atoms with van der Waals surface area (Å²) in [5, 5.41) is 3.85. The molecule has 1 aromatic rings. The summed E-state index contributed by atoms with van der Waals surface area (Å²) in [6, 6.07) is 10.6. The van der Waals surface area contributed by atoms with Crippen LogP contribution >= 0.6 is 0 Å². The third-order valence-electron chi connectivity index (χ3n) is 24.4. The molecule has 2 spiro atoms. The fourth-order valence-electron chi connectivity index (χ4n) is 20.0. The van der Waals surface area contributed by atoms with Crippen LogP contribution in [0.4, 0.5) is 4.79 Å². The minimum atomic E-state index is -0.464. The predicted octanol–water partition coefficient (Wildman–Crippen LogP) is 14.6. The summed E-state index contributed by atoms with van der Waals surface area (Å²) in [6.45, 7) is 27.2. The van der Waals surface area contributed by atoms with Gasteiger partial charge in [0.05, 0.1) is 34.9 Å². The Labute approximate surface area is 469 Å². The van der Waals surface area contributed by atoms with Crippen molar-refractivity contribution < 1.29 is 33.3 Å². The molecule has 4 saturated heterocycles. The molecule has 0 aromatic heterocycles. The number of fused-ring (bicyclic) bond motifs is 12. The normalized spacial score (nSPS) is 44.5. The number of amides is 1. The molecule has 0 unspecified atom stereocenters. The van der Waals surface area contributed by atoms with Crippen molar-refractivity contribution in [1.29, 1.82) is 0 Å². The summed E-state index contributed by atoms with van der Waals surface area (Å²) in [5.74, 6) is 6.48. The van der Waals surface area contributed by atoms with Crippen LogP contribution in [0.3, 0.4) is 0 Å². The van der Waals surface area contributed by atoms with Gasteiger partial charge in [-0.1, -0.05) is 111 Å². The minimum absolute atomic E-state index is 0.00716. The van der Waals surface area contributed by atoms with Crippen molar-refractivity contribution >= 4 is 17.8 Å². The molecule has 13 rings (SSSR count). The van der Waals surface area contributed by atoms with Crippen LogP contribution in [0, 0.1) is 75.4 Å². The van der Waals surface area contributed by atoms with Gasteiger partial charge in [0.25, 0.3) is 0 Å². The quantitative estimate of drug-likeness (QED) is 0.236. The number of allylic oxidation sites excluding steroid dienone is 5. The summed E-state index contributed by atoms with van der Waals surface area (Å²) in [6.07, 6.45) is 24.7. The van der Waals surface area contributed by atoms with Crippen LogP contribution in [0.1, 0.15) is 197 Å². The number of likely N-dealkylation sites (tertiary alicyclic amines) is 1. The van der Waals surface area contributed by atoms with E-state index in [1.807, 2.05) is 62.1 Å². The lowest BCUT2D eigenvalue weighted by Crippen LogP contribution is -2.54. The van der Waals surface area contributed by atoms with Crippen molar-refractivity contribution in [2.45, 2.75) is 240 Å². The maximum atomic E-state index is 13.6. The number of nitrogens with one attached hydrogen (secondary N) is 1. The number of ether oxygens (including phenoxy) is 4. The fourth-order valence-corrected chi connectivity index (χ4v) is 20.0. The van der Waals surface area contributed by atoms with Crippen molar-refractivity contribution in [1.82, 2.24) is 10.2 Å². The van der Waals surface area contributed by atoms with E-state index in [-0.39, 0.29) is 58.3 Å². The van der Waals surface area contributed by atoms with E-state index in [1.54, 1.807) is 16.7 Å². The number of hydrogen-bond acceptors (Lipinski definition) is 8. The average molecular weight is 1070 g/mol. The van der Waals surface area contributed by atoms with Crippen LogP contribution < -0.4 is 5.32 Å². The monoisotopic (exact) mass is 1070 g/mol. The van der Waals surface area contributed by atoms with E-state index >= 15 is 0 Å². The molecule has 9 nitrogen and oxygen atoms in total. The van der Waals surface area contributed by atoms with Gasteiger partial charge in [0.15, 0.2) is 5.78 Å². The molecule has 4 heterocycles. The van der Waals surface area contributed by atoms with Crippen LogP contribution in [-0.4, -0.2) is 77.4 Å². The van der Waals surface area contributed by atoms with Crippen LogP contribution in [0.25, 0.3) is 0 Å². The molecule has 426 valence electrons. The Balaban J connectivity index is 0.000000169. The number of carbonyl (C=O) groups is 3. The highest BCUT2D eigenvalue weighted by atomic mass is 16.6. The van der Waals surface area contributed by atoms with E-state index in [4.69, 9.17) is 18.9 Å². The maximum Gasteiger partial charge on any atom is 0.410 e. The first kappa shape index (κ1) is 55.0. The minimum Gasteiger partial charge on any atom is -0.462 e. The van der Waals surface area contributed by atoms with Crippen molar-refractivity contribution in [3.05, 3.63) is 81.5 Å². The Bertz CT molecular complexity index is 2640. The highest BCUT2D eigenvalue weighted by molar-refractivity contribution is 5.91. The van der Waals surface area contributed by atoms with E-state index < -0.39 is 5.41 Å². The first-order valence-corrected chi connectivity index (χ1v) is 31.7. The molecule has 1 N–H and O–H groups in total. The molecule has 1 amide bonds. The molecule has 4 aliphatic heterocycles. The van der Waals surface area contributed by atoms with Gasteiger partial charge in [0, 0.05) is 37.3 Å². The smallest absolute Gasteiger partial charge is 0.410 e. The van der Waals surface area contributed by atoms with Crippen molar-refractivity contribution in [3.8, 4) is 0 Å². The molecule has 8 fully saturated rings. The zero-order valence-corrected chi connectivity index (χ0v) is 49.9. The van der Waals surface area contributed by atoms with Crippen molar-refractivity contribution in [2.24, 2.45) is 75.4 Å². The molecular weight excluding hydrogens is 969 g/mol. The van der Waals surface area contributed by atoms with Gasteiger partial charge in [0.1, 0.15) is 12.7 Å². The zero-order chi connectivity index (χ0) is 54.8. The number of rotatable bonds is 3. The van der Waals surface area contributed by atoms with Gasteiger partial charge in [-0.2, -0.15) is 0 Å². The second-order valence-electron chi connectivity index (χ2n) is 30.0. The first-order valence-electron chi connectivity index (χ1n) is 31.7. The third-order valence-corrected chi connectivity index (χ3v) is 24.4. The van der Waals surface area contributed by atoms with E-state index in [0.29, 0.717) is 54.1 Å². The second kappa shape index (κ2) is 20.4. The summed E-state index contributed by atoms with van der Waals surface area (Å²) in [7, 11) is 0. The molecular formula is C69H98N2O7. The SMILES string of the molecule is CC1=C2C[C@H]3[C@@H](CC=C4C[C@@H](OC(=O)C(C)(C)C)CC[C@@]43C)[C@@H]2CC[C@@]2(C1)O[C@@H]1C[C@H](C)CN(C(=O)OCc3ccccc3)[C@H]1[C@H]2C.CC1=C2C[C@H]3[C@@H](CCC4=CC(=O)CC[C@@]43C)[C@@H]2CC[C@@]2(C1)O[C@@H]1C[C@H](C)CN[C@H]1[C@H]2C. The highest BCUT2D eigenvalue weighted by Crippen LogP contribution is 2.66. The largest absolute Gasteiger partial charge is 0.462 e. The lowest BCUT2D eigenvalue weighted by molar-refractivity contribution is -0.160. The Morgan fingerprint density at radius 2 is 1.38 bits per heavy atom. The Morgan fingerprint density at radius 1 is 0.744 bits per heavy atom. The standard InChI is InChI=1S/C41H57NO5.C28H41NO2/c1-25-19-35-36(42(23-25)38(44)45-24-28-11-9-8-10-12-28)27(3)41(47-35)18-16-31-32-14-13-29-20-30(46-37(43)39(4,5)6)15-17-40(29,7)34(32)21-33(31)26(2)22-41;1-16-11-25-26(29-15-16)18(3)28(31-25)10-8-21-22-6-5-19-12-20(30)7-9-27(19,4)24(22)13-23(21)17(2)14-28/h8-13,25,27,30-32,34-36H,14-24H2,1-7H3;12,16,18,21-22,24-26,29H,5-11,13-15H2,1-4H3/t25-,27+,30-,31-,32-,34-,35+,36-,40-,41-;16-,18+,21-,22-,24-,25+,26-,27-,28-/m00/s1. The number of nitrogens with zero attached hydrogens (tertiary/aromatic N) is 1. The average Bonchev–Trinajstić information content (AvgIpc) is 4.26. The number of piperidine rings is 2. The summed E-state index contributed by atoms with van der Waals surface area (Å²) >= 11 is 0. The molecule has 19 atom stereocenters. The first-order chi connectivity index (χ1) is 37.1. The lowest BCUT2D eigenvalue weighted by Gasteiger charge is -2.49. The van der Waals surface area contributed by atoms with Crippen molar-refractivity contribution in [2.75, 3.05) is 13.1 Å². The summed E-state index contributed by atoms with van der Waals surface area (Å²) < 4.78 is 26.1. The predicted molar refractivity (Wildman–Crippen MR) is 307 cm³/mol. The van der Waals surface area contributed by atoms with Gasteiger partial charge in [-0.3, -0.25) is 9.59 Å². The Kier molecular flexibility index (Phi) is 14.4. The summed E-state index contributed by atoms with van der Waals surface area (Å²) in [4.78, 5) is 40.4. The molecule has 0 bridgehead atoms. The van der Waals surface area contributed by atoms with Gasteiger partial charge in [-0.25, -0.2) is 4.79 Å². The zero-order valence-electron chi connectivity index (χ0n) is 49.9. The number of benzene rings is 1. The van der Waals surface area contributed by atoms with Gasteiger partial charge in [0.2, 0.25) is 0 Å². The Hall–Kier alpha value is -3.53. The van der Waals surface area contributed by atoms with E-state index in [2.05, 4.69) is 66.8 Å². The van der Waals surface area contributed by atoms with E-state index in [1.165, 1.54) is 55.2 Å². The Morgan fingerprint density at radius 3 is 2.09 bits per heavy atom. The van der Waals surface area contributed by atoms with Crippen LogP contribution in [0.5, 0.6) is 0 Å². The van der Waals surface area contributed by atoms with Gasteiger partial charge in [-0.15, -0.1) is 0 Å². The second-order valence-corrected chi connectivity index (χ2v) is 30.0. The lowest BCUT2D eigenvalue weighted by atomic mass is 9.56. The topological polar surface area (TPSA) is 103 Å². The molecule has 4 saturated carbocycles. The molecule has 1 aromatic carbocycles. The maximum absolute atomic E-state index is 13.6. The number of ketones is 1. The number of esters is 1. The number of carbonyl (C=O) groups excluding carboxylic acids is 3. The molecule has 12 aliphatic rings. The van der Waals surface area contributed by atoms with Gasteiger partial charge >= 0.3 is 12.1 Å². The fraction of sp³-hybridized carbons (Fsp3) is 0.754. The van der Waals surface area contributed by atoms with Crippen LogP contribution in [-0.2, 0) is 35.1 Å². The van der Waals surface area contributed by atoms with Crippen LogP contribution in [0.15, 0.2) is 75.9 Å². The number of hydrogen-bond donors (Lipinski definition) is 1. The van der Waals surface area contributed by atoms with Crippen LogP contribution in [0.2, 0.25) is 0 Å². The highest BCUT2D eigenvalue weighted by Gasteiger charge is 2.62. The van der Waals surface area contributed by atoms with Gasteiger partial charge < -0.3 is 29.2 Å². The van der Waals surface area contributed by atoms with E-state index in [9.17, 15) is 14.4 Å². The van der Waals surface area contributed by atoms with Crippen molar-refractivity contribution in [3.63, 3.8) is 0 Å². The molecule has 0 radical (unpaired) electrons. The molecule has 9 heteroatoms. The molecule has 8 aliphatic carbocycles. The molecule has 78 heavy (non-hydrogen) atoms. The van der Waals surface area contributed by atoms with E-state index in [0.717, 1.165) is 119 Å². The summed E-state index contributed by atoms with van der Waals surface area (Å²) in [5.41, 5.74) is 10.5. The van der Waals surface area contributed by atoms with Gasteiger partial charge in [-0.05, 0) is 214 Å².